The summed E-state index contributed by atoms with van der Waals surface area (Å²) in [6.07, 6.45) is 8.00. The van der Waals surface area contributed by atoms with Gasteiger partial charge in [0.25, 0.3) is 5.56 Å². The Morgan fingerprint density at radius 1 is 0.943 bits per heavy atom. The standard InChI is InChI=1S/C24H25N2O6PS2/c1-16-14-26(24(28)25-23(16)27)22-13-8-19(30-22)15-29-33(31-17-4-9-20(34-2)10-5-17)32-18-6-11-21(35-3)12-7-18/h4-14,19,22H,15H2,1-3H3,(H,25,27,28)/t19-,22+/m0/s1. The lowest BCUT2D eigenvalue weighted by molar-refractivity contribution is -0.00674. The molecule has 2 heterocycles. The Bertz CT molecular complexity index is 1230. The molecule has 35 heavy (non-hydrogen) atoms. The van der Waals surface area contributed by atoms with Crippen LogP contribution >= 0.6 is 32.1 Å². The first-order valence-electron chi connectivity index (χ1n) is 10.7. The van der Waals surface area contributed by atoms with Crippen LogP contribution in [0.25, 0.3) is 0 Å². The van der Waals surface area contributed by atoms with Gasteiger partial charge in [0.05, 0.1) is 6.61 Å². The molecule has 0 fully saturated rings. The Morgan fingerprint density at radius 3 is 2.06 bits per heavy atom. The molecule has 8 nitrogen and oxygen atoms in total. The third-order valence-corrected chi connectivity index (χ3v) is 7.61. The number of H-pyrrole nitrogens is 1. The topological polar surface area (TPSA) is 91.8 Å². The van der Waals surface area contributed by atoms with Crippen LogP contribution in [0.5, 0.6) is 11.5 Å². The van der Waals surface area contributed by atoms with Crippen molar-refractivity contribution in [3.8, 4) is 11.5 Å². The number of nitrogens with one attached hydrogen (secondary N) is 1. The fourth-order valence-corrected chi connectivity index (χ4v) is 4.98. The van der Waals surface area contributed by atoms with Gasteiger partial charge in [0, 0.05) is 21.6 Å². The molecule has 2 aromatic carbocycles. The van der Waals surface area contributed by atoms with E-state index >= 15 is 0 Å². The summed E-state index contributed by atoms with van der Waals surface area (Å²) in [5.41, 5.74) is -0.524. The average Bonchev–Trinajstić information content (AvgIpc) is 3.34. The molecule has 0 amide bonds. The monoisotopic (exact) mass is 532 g/mol. The SMILES string of the molecule is CSc1ccc(OP(OC[C@@H]2C=C[C@H](n3cc(C)c(=O)[nH]c3=O)O2)Oc2ccc(SC)cc2)cc1. The van der Waals surface area contributed by atoms with Crippen LogP contribution in [-0.4, -0.2) is 34.8 Å². The van der Waals surface area contributed by atoms with Crippen LogP contribution in [0.3, 0.4) is 0 Å². The van der Waals surface area contributed by atoms with Crippen LogP contribution in [0.2, 0.25) is 0 Å². The second kappa shape index (κ2) is 12.0. The summed E-state index contributed by atoms with van der Waals surface area (Å²) in [5, 5.41) is 0. The van der Waals surface area contributed by atoms with Crippen LogP contribution in [-0.2, 0) is 9.26 Å². The number of benzene rings is 2. The number of thioether (sulfide) groups is 2. The van der Waals surface area contributed by atoms with Crippen molar-refractivity contribution in [3.05, 3.63) is 93.3 Å². The molecule has 184 valence electrons. The van der Waals surface area contributed by atoms with Gasteiger partial charge < -0.3 is 13.8 Å². The summed E-state index contributed by atoms with van der Waals surface area (Å²) in [5.74, 6) is 1.26. The molecule has 0 spiro atoms. The molecule has 0 bridgehead atoms. The molecular weight excluding hydrogens is 507 g/mol. The van der Waals surface area contributed by atoms with Crippen LogP contribution in [0.4, 0.5) is 0 Å². The van der Waals surface area contributed by atoms with E-state index in [1.54, 1.807) is 36.5 Å². The minimum Gasteiger partial charge on any atom is -0.418 e. The van der Waals surface area contributed by atoms with Crippen LogP contribution in [0.1, 0.15) is 11.8 Å². The number of ether oxygens (including phenoxy) is 1. The van der Waals surface area contributed by atoms with Gasteiger partial charge in [-0.05, 0) is 74.0 Å². The highest BCUT2D eigenvalue weighted by molar-refractivity contribution is 7.98. The molecular formula is C24H25N2O6PS2. The Kier molecular flexibility index (Phi) is 8.75. The van der Waals surface area contributed by atoms with E-state index in [-0.39, 0.29) is 6.61 Å². The number of hydrogen-bond acceptors (Lipinski definition) is 8. The third-order valence-electron chi connectivity index (χ3n) is 5.05. The second-order valence-corrected chi connectivity index (χ2v) is 10.3. The van der Waals surface area contributed by atoms with E-state index in [4.69, 9.17) is 18.3 Å². The van der Waals surface area contributed by atoms with E-state index in [1.807, 2.05) is 67.1 Å². The van der Waals surface area contributed by atoms with Gasteiger partial charge in [-0.1, -0.05) is 6.08 Å². The fourth-order valence-electron chi connectivity index (χ4n) is 3.17. The predicted molar refractivity (Wildman–Crippen MR) is 140 cm³/mol. The highest BCUT2D eigenvalue weighted by Gasteiger charge is 2.26. The molecule has 0 radical (unpaired) electrons. The zero-order valence-corrected chi connectivity index (χ0v) is 21.9. The molecule has 4 rings (SSSR count). The predicted octanol–water partition coefficient (Wildman–Crippen LogP) is 5.14. The van der Waals surface area contributed by atoms with E-state index in [0.717, 1.165) is 9.79 Å². The van der Waals surface area contributed by atoms with E-state index in [2.05, 4.69) is 4.98 Å². The van der Waals surface area contributed by atoms with Crippen molar-refractivity contribution < 1.29 is 18.3 Å². The first kappa shape index (κ1) is 25.6. The Morgan fingerprint density at radius 2 is 1.51 bits per heavy atom. The lowest BCUT2D eigenvalue weighted by Crippen LogP contribution is -2.33. The van der Waals surface area contributed by atoms with Crippen molar-refractivity contribution in [2.75, 3.05) is 19.1 Å². The Hall–Kier alpha value is -2.49. The molecule has 1 aliphatic rings. The van der Waals surface area contributed by atoms with Gasteiger partial charge in [-0.2, -0.15) is 0 Å². The van der Waals surface area contributed by atoms with Gasteiger partial charge in [-0.3, -0.25) is 18.9 Å². The fraction of sp³-hybridized carbons (Fsp3) is 0.250. The van der Waals surface area contributed by atoms with Crippen molar-refractivity contribution in [2.45, 2.75) is 29.0 Å². The summed E-state index contributed by atoms with van der Waals surface area (Å²) in [6.45, 7) is 1.79. The molecule has 2 atom stereocenters. The molecule has 3 aromatic rings. The zero-order valence-electron chi connectivity index (χ0n) is 19.4. The summed E-state index contributed by atoms with van der Waals surface area (Å²) < 4.78 is 25.3. The van der Waals surface area contributed by atoms with Crippen LogP contribution in [0.15, 0.2) is 86.3 Å². The van der Waals surface area contributed by atoms with E-state index in [1.165, 1.54) is 10.8 Å². The lowest BCUT2D eigenvalue weighted by Gasteiger charge is -2.20. The minimum atomic E-state index is -1.78. The molecule has 1 N–H and O–H groups in total. The maximum atomic E-state index is 12.2. The molecule has 11 heteroatoms. The average molecular weight is 533 g/mol. The van der Waals surface area contributed by atoms with Gasteiger partial charge in [-0.25, -0.2) is 4.79 Å². The van der Waals surface area contributed by atoms with Gasteiger partial charge in [0.15, 0.2) is 6.23 Å². The molecule has 0 saturated heterocycles. The number of hydrogen-bond donors (Lipinski definition) is 1. The normalized spacial score (nSPS) is 17.1. The number of aryl methyl sites for hydroxylation is 1. The number of aromatic nitrogens is 2. The second-order valence-electron chi connectivity index (χ2n) is 7.48. The first-order valence-corrected chi connectivity index (χ1v) is 14.2. The largest absolute Gasteiger partial charge is 0.463 e. The number of rotatable bonds is 10. The van der Waals surface area contributed by atoms with Crippen molar-refractivity contribution >= 4 is 32.1 Å². The van der Waals surface area contributed by atoms with Crippen molar-refractivity contribution in [2.24, 2.45) is 0 Å². The molecule has 1 aromatic heterocycles. The number of aromatic amines is 1. The summed E-state index contributed by atoms with van der Waals surface area (Å²) >= 11 is 3.30. The van der Waals surface area contributed by atoms with Gasteiger partial charge >= 0.3 is 14.3 Å². The first-order chi connectivity index (χ1) is 16.9. The van der Waals surface area contributed by atoms with Crippen molar-refractivity contribution in [1.29, 1.82) is 0 Å². The highest BCUT2D eigenvalue weighted by atomic mass is 32.2. The van der Waals surface area contributed by atoms with Crippen molar-refractivity contribution in [1.82, 2.24) is 9.55 Å². The smallest absolute Gasteiger partial charge is 0.418 e. The number of nitrogens with zero attached hydrogens (tertiary/aromatic N) is 1. The minimum absolute atomic E-state index is 0.154. The van der Waals surface area contributed by atoms with Crippen LogP contribution < -0.4 is 20.3 Å². The van der Waals surface area contributed by atoms with E-state index < -0.39 is 32.2 Å². The van der Waals surface area contributed by atoms with Gasteiger partial charge in [0.1, 0.15) is 17.6 Å². The van der Waals surface area contributed by atoms with E-state index in [9.17, 15) is 9.59 Å². The highest BCUT2D eigenvalue weighted by Crippen LogP contribution is 2.42. The quantitative estimate of drug-likeness (QED) is 0.218. The van der Waals surface area contributed by atoms with Gasteiger partial charge in [-0.15, -0.1) is 23.5 Å². The Labute approximate surface area is 212 Å². The summed E-state index contributed by atoms with van der Waals surface area (Å²) in [4.78, 5) is 28.4. The molecule has 1 aliphatic heterocycles. The summed E-state index contributed by atoms with van der Waals surface area (Å²) in [6, 6.07) is 15.4. The maximum Gasteiger partial charge on any atom is 0.463 e. The Balaban J connectivity index is 1.42. The van der Waals surface area contributed by atoms with Crippen molar-refractivity contribution in [3.63, 3.8) is 0 Å². The summed E-state index contributed by atoms with van der Waals surface area (Å²) in [7, 11) is -1.78. The van der Waals surface area contributed by atoms with Gasteiger partial charge in [0.2, 0.25) is 0 Å². The third kappa shape index (κ3) is 6.80. The molecule has 0 aliphatic carbocycles. The molecule has 0 unspecified atom stereocenters. The lowest BCUT2D eigenvalue weighted by atomic mass is 10.3. The molecule has 0 saturated carbocycles. The zero-order chi connectivity index (χ0) is 24.8. The van der Waals surface area contributed by atoms with Crippen LogP contribution in [0, 0.1) is 6.92 Å². The van der Waals surface area contributed by atoms with E-state index in [0.29, 0.717) is 17.1 Å². The maximum absolute atomic E-state index is 12.2.